The highest BCUT2D eigenvalue weighted by molar-refractivity contribution is 5.82. The number of hydrogen-bond donors (Lipinski definition) is 2. The summed E-state index contributed by atoms with van der Waals surface area (Å²) in [6.45, 7) is 10.1. The molecule has 0 aromatic rings. The minimum atomic E-state index is -0.141. The van der Waals surface area contributed by atoms with Crippen molar-refractivity contribution in [2.45, 2.75) is 64.6 Å². The van der Waals surface area contributed by atoms with Gasteiger partial charge in [0.25, 0.3) is 0 Å². The Balaban J connectivity index is 2.37. The summed E-state index contributed by atoms with van der Waals surface area (Å²) in [5.41, 5.74) is 0.0755. The lowest BCUT2D eigenvalue weighted by atomic mass is 10.1. The van der Waals surface area contributed by atoms with Gasteiger partial charge in [0.1, 0.15) is 0 Å². The molecule has 3 nitrogen and oxygen atoms in total. The van der Waals surface area contributed by atoms with Crippen LogP contribution < -0.4 is 10.6 Å². The monoisotopic (exact) mass is 198 g/mol. The normalized spacial score (nSPS) is 21.5. The summed E-state index contributed by atoms with van der Waals surface area (Å²) in [5, 5.41) is 6.31. The van der Waals surface area contributed by atoms with E-state index in [1.165, 1.54) is 12.8 Å². The van der Waals surface area contributed by atoms with Crippen molar-refractivity contribution >= 4 is 5.91 Å². The van der Waals surface area contributed by atoms with Crippen LogP contribution >= 0.6 is 0 Å². The molecule has 0 aromatic carbocycles. The quantitative estimate of drug-likeness (QED) is 0.720. The van der Waals surface area contributed by atoms with Gasteiger partial charge in [-0.05, 0) is 47.5 Å². The van der Waals surface area contributed by atoms with E-state index in [2.05, 4.69) is 17.6 Å². The zero-order chi connectivity index (χ0) is 11.0. The van der Waals surface area contributed by atoms with Crippen molar-refractivity contribution in [3.05, 3.63) is 0 Å². The van der Waals surface area contributed by atoms with Crippen LogP contribution in [-0.4, -0.2) is 23.0 Å². The van der Waals surface area contributed by atoms with Gasteiger partial charge in [-0.15, -0.1) is 0 Å². The topological polar surface area (TPSA) is 41.1 Å². The van der Waals surface area contributed by atoms with Crippen LogP contribution in [0.2, 0.25) is 0 Å². The third-order valence-corrected chi connectivity index (χ3v) is 2.46. The zero-order valence-corrected chi connectivity index (χ0v) is 9.90. The molecule has 1 aliphatic carbocycles. The third-order valence-electron chi connectivity index (χ3n) is 2.46. The van der Waals surface area contributed by atoms with Gasteiger partial charge in [0.2, 0.25) is 5.91 Å². The first kappa shape index (κ1) is 11.5. The predicted molar refractivity (Wildman–Crippen MR) is 58.1 cm³/mol. The van der Waals surface area contributed by atoms with Crippen molar-refractivity contribution in [2.75, 3.05) is 0 Å². The number of nitrogens with one attached hydrogen (secondary N) is 2. The molecule has 1 fully saturated rings. The van der Waals surface area contributed by atoms with Crippen molar-refractivity contribution in [3.63, 3.8) is 0 Å². The fraction of sp³-hybridized carbons (Fsp3) is 0.909. The number of carbonyl (C=O) groups is 1. The lowest BCUT2D eigenvalue weighted by Gasteiger charge is -2.25. The Morgan fingerprint density at radius 2 is 1.86 bits per heavy atom. The van der Waals surface area contributed by atoms with Crippen LogP contribution in [0.3, 0.4) is 0 Å². The molecule has 1 unspecified atom stereocenters. The minimum absolute atomic E-state index is 0.0885. The maximum absolute atomic E-state index is 11.7. The molecule has 1 saturated carbocycles. The number of hydrogen-bond acceptors (Lipinski definition) is 2. The molecule has 1 atom stereocenters. The van der Waals surface area contributed by atoms with Crippen molar-refractivity contribution in [1.29, 1.82) is 0 Å². The summed E-state index contributed by atoms with van der Waals surface area (Å²) in [6.07, 6.45) is 2.36. The Kier molecular flexibility index (Phi) is 2.91. The summed E-state index contributed by atoms with van der Waals surface area (Å²) in [4.78, 5) is 11.7. The van der Waals surface area contributed by atoms with E-state index in [1.54, 1.807) is 0 Å². The third kappa shape index (κ3) is 3.66. The molecular formula is C11H22N2O. The van der Waals surface area contributed by atoms with Crippen molar-refractivity contribution in [3.8, 4) is 0 Å². The second-order valence-corrected chi connectivity index (χ2v) is 5.67. The molecule has 1 rings (SSSR count). The first-order valence-electron chi connectivity index (χ1n) is 5.32. The number of amides is 1. The molecule has 14 heavy (non-hydrogen) atoms. The van der Waals surface area contributed by atoms with Crippen LogP contribution in [0.25, 0.3) is 0 Å². The van der Waals surface area contributed by atoms with Gasteiger partial charge in [-0.3, -0.25) is 4.79 Å². The van der Waals surface area contributed by atoms with Gasteiger partial charge < -0.3 is 10.6 Å². The standard InChI is InChI=1S/C11H22N2O/c1-8(12-11(5)6-7-11)9(14)13-10(2,3)4/h8,12H,6-7H2,1-5H3,(H,13,14). The fourth-order valence-corrected chi connectivity index (χ4v) is 1.40. The summed E-state index contributed by atoms with van der Waals surface area (Å²) >= 11 is 0. The molecular weight excluding hydrogens is 176 g/mol. The first-order valence-corrected chi connectivity index (χ1v) is 5.32. The summed E-state index contributed by atoms with van der Waals surface area (Å²) in [6, 6.07) is -0.0956. The maximum atomic E-state index is 11.7. The number of rotatable bonds is 3. The Labute approximate surface area is 86.6 Å². The van der Waals surface area contributed by atoms with E-state index in [-0.39, 0.29) is 23.0 Å². The van der Waals surface area contributed by atoms with Crippen LogP contribution in [0.15, 0.2) is 0 Å². The van der Waals surface area contributed by atoms with Crippen molar-refractivity contribution in [1.82, 2.24) is 10.6 Å². The highest BCUT2D eigenvalue weighted by atomic mass is 16.2. The van der Waals surface area contributed by atoms with E-state index in [4.69, 9.17) is 0 Å². The lowest BCUT2D eigenvalue weighted by molar-refractivity contribution is -0.124. The molecule has 3 heteroatoms. The molecule has 0 heterocycles. The van der Waals surface area contributed by atoms with Gasteiger partial charge in [0.05, 0.1) is 6.04 Å². The van der Waals surface area contributed by atoms with E-state index >= 15 is 0 Å². The van der Waals surface area contributed by atoms with Gasteiger partial charge in [-0.25, -0.2) is 0 Å². The van der Waals surface area contributed by atoms with Crippen molar-refractivity contribution < 1.29 is 4.79 Å². The van der Waals surface area contributed by atoms with Crippen LogP contribution in [0.5, 0.6) is 0 Å². The smallest absolute Gasteiger partial charge is 0.237 e. The molecule has 0 radical (unpaired) electrons. The largest absolute Gasteiger partial charge is 0.350 e. The first-order chi connectivity index (χ1) is 6.22. The highest BCUT2D eigenvalue weighted by Crippen LogP contribution is 2.34. The number of carbonyl (C=O) groups excluding carboxylic acids is 1. The Morgan fingerprint density at radius 1 is 1.36 bits per heavy atom. The average Bonchev–Trinajstić information content (AvgIpc) is 2.63. The SMILES string of the molecule is CC(NC1(C)CC1)C(=O)NC(C)(C)C. The lowest BCUT2D eigenvalue weighted by Crippen LogP contribution is -2.51. The van der Waals surface area contributed by atoms with E-state index in [0.29, 0.717) is 0 Å². The fourth-order valence-electron chi connectivity index (χ4n) is 1.40. The van der Waals surface area contributed by atoms with Crippen molar-refractivity contribution in [2.24, 2.45) is 0 Å². The molecule has 1 amide bonds. The van der Waals surface area contributed by atoms with Crippen LogP contribution in [0.1, 0.15) is 47.5 Å². The summed E-state index contributed by atoms with van der Waals surface area (Å²) in [7, 11) is 0. The molecule has 0 saturated heterocycles. The Bertz CT molecular complexity index is 226. The summed E-state index contributed by atoms with van der Waals surface area (Å²) in [5.74, 6) is 0.0885. The second-order valence-electron chi connectivity index (χ2n) is 5.67. The molecule has 82 valence electrons. The minimum Gasteiger partial charge on any atom is -0.350 e. The summed E-state index contributed by atoms with van der Waals surface area (Å²) < 4.78 is 0. The van der Waals surface area contributed by atoms with Crippen LogP contribution in [0, 0.1) is 0 Å². The predicted octanol–water partition coefficient (Wildman–Crippen LogP) is 1.43. The van der Waals surface area contributed by atoms with Gasteiger partial charge in [0.15, 0.2) is 0 Å². The van der Waals surface area contributed by atoms with Gasteiger partial charge in [0, 0.05) is 11.1 Å². The van der Waals surface area contributed by atoms with Crippen LogP contribution in [-0.2, 0) is 4.79 Å². The van der Waals surface area contributed by atoms with Gasteiger partial charge in [-0.2, -0.15) is 0 Å². The van der Waals surface area contributed by atoms with Gasteiger partial charge >= 0.3 is 0 Å². The maximum Gasteiger partial charge on any atom is 0.237 e. The second kappa shape index (κ2) is 3.54. The van der Waals surface area contributed by atoms with E-state index in [1.807, 2.05) is 27.7 Å². The Morgan fingerprint density at radius 3 is 2.21 bits per heavy atom. The van der Waals surface area contributed by atoms with E-state index < -0.39 is 0 Å². The highest BCUT2D eigenvalue weighted by Gasteiger charge is 2.39. The average molecular weight is 198 g/mol. The molecule has 0 bridgehead atoms. The molecule has 2 N–H and O–H groups in total. The van der Waals surface area contributed by atoms with Gasteiger partial charge in [-0.1, -0.05) is 0 Å². The molecule has 0 aromatic heterocycles. The molecule has 0 spiro atoms. The Hall–Kier alpha value is -0.570. The van der Waals surface area contributed by atoms with E-state index in [0.717, 1.165) is 0 Å². The molecule has 1 aliphatic rings. The van der Waals surface area contributed by atoms with Crippen LogP contribution in [0.4, 0.5) is 0 Å². The molecule has 0 aliphatic heterocycles. The zero-order valence-electron chi connectivity index (χ0n) is 9.90. The van der Waals surface area contributed by atoms with E-state index in [9.17, 15) is 4.79 Å².